The van der Waals surface area contributed by atoms with Gasteiger partial charge in [0.1, 0.15) is 5.82 Å². The van der Waals surface area contributed by atoms with Crippen LogP contribution in [0.15, 0.2) is 18.2 Å². The van der Waals surface area contributed by atoms with Gasteiger partial charge in [0, 0.05) is 5.54 Å². The van der Waals surface area contributed by atoms with Crippen molar-refractivity contribution in [2.45, 2.75) is 52.0 Å². The van der Waals surface area contributed by atoms with Gasteiger partial charge in [0.25, 0.3) is 0 Å². The van der Waals surface area contributed by atoms with E-state index >= 15 is 0 Å². The van der Waals surface area contributed by atoms with Crippen LogP contribution in [0.1, 0.15) is 50.7 Å². The van der Waals surface area contributed by atoms with Gasteiger partial charge in [-0.05, 0) is 54.9 Å². The van der Waals surface area contributed by atoms with E-state index in [0.717, 1.165) is 30.4 Å². The number of rotatable bonds is 2. The molecule has 0 radical (unpaired) electrons. The Labute approximate surface area is 110 Å². The van der Waals surface area contributed by atoms with Crippen LogP contribution >= 0.6 is 0 Å². The molecule has 1 aromatic rings. The van der Waals surface area contributed by atoms with Crippen LogP contribution in [0.3, 0.4) is 0 Å². The minimum Gasteiger partial charge on any atom is -0.321 e. The third kappa shape index (κ3) is 2.74. The molecule has 2 N–H and O–H groups in total. The SMILES string of the molecule is Cc1cc(F)cc(C2(N)CCCC(C(C)C)C2)c1. The van der Waals surface area contributed by atoms with Gasteiger partial charge in [-0.3, -0.25) is 0 Å². The maximum absolute atomic E-state index is 13.6. The zero-order chi connectivity index (χ0) is 13.3. The summed E-state index contributed by atoms with van der Waals surface area (Å²) in [4.78, 5) is 0. The minimum absolute atomic E-state index is 0.165. The van der Waals surface area contributed by atoms with Crippen LogP contribution in [0.25, 0.3) is 0 Å². The van der Waals surface area contributed by atoms with E-state index in [2.05, 4.69) is 13.8 Å². The summed E-state index contributed by atoms with van der Waals surface area (Å²) in [7, 11) is 0. The Morgan fingerprint density at radius 1 is 1.33 bits per heavy atom. The fourth-order valence-electron chi connectivity index (χ4n) is 3.21. The molecule has 0 bridgehead atoms. The molecule has 1 saturated carbocycles. The van der Waals surface area contributed by atoms with Gasteiger partial charge in [-0.15, -0.1) is 0 Å². The molecule has 1 aromatic carbocycles. The molecule has 18 heavy (non-hydrogen) atoms. The largest absolute Gasteiger partial charge is 0.321 e. The molecule has 2 rings (SSSR count). The van der Waals surface area contributed by atoms with E-state index in [1.54, 1.807) is 12.1 Å². The average Bonchev–Trinajstić information content (AvgIpc) is 2.27. The molecular weight excluding hydrogens is 225 g/mol. The van der Waals surface area contributed by atoms with E-state index in [-0.39, 0.29) is 11.4 Å². The van der Waals surface area contributed by atoms with Crippen molar-refractivity contribution in [3.05, 3.63) is 35.1 Å². The van der Waals surface area contributed by atoms with E-state index in [9.17, 15) is 4.39 Å². The summed E-state index contributed by atoms with van der Waals surface area (Å²) in [5.74, 6) is 1.15. The first-order chi connectivity index (χ1) is 8.40. The van der Waals surface area contributed by atoms with Crippen molar-refractivity contribution < 1.29 is 4.39 Å². The number of halogens is 1. The van der Waals surface area contributed by atoms with Gasteiger partial charge >= 0.3 is 0 Å². The van der Waals surface area contributed by atoms with Crippen molar-refractivity contribution in [2.75, 3.05) is 0 Å². The Morgan fingerprint density at radius 3 is 2.67 bits per heavy atom. The molecule has 1 aliphatic rings. The highest BCUT2D eigenvalue weighted by Crippen LogP contribution is 2.41. The second kappa shape index (κ2) is 5.00. The first-order valence-electron chi connectivity index (χ1n) is 6.97. The Balaban J connectivity index is 2.29. The first-order valence-corrected chi connectivity index (χ1v) is 6.97. The maximum atomic E-state index is 13.6. The van der Waals surface area contributed by atoms with Crippen LogP contribution < -0.4 is 5.73 Å². The smallest absolute Gasteiger partial charge is 0.123 e. The lowest BCUT2D eigenvalue weighted by atomic mass is 9.69. The van der Waals surface area contributed by atoms with Crippen LogP contribution in [0, 0.1) is 24.6 Å². The third-order valence-corrected chi connectivity index (χ3v) is 4.38. The lowest BCUT2D eigenvalue weighted by Gasteiger charge is -2.40. The Kier molecular flexibility index (Phi) is 3.76. The van der Waals surface area contributed by atoms with Crippen LogP contribution in [-0.4, -0.2) is 0 Å². The topological polar surface area (TPSA) is 26.0 Å². The van der Waals surface area contributed by atoms with Gasteiger partial charge in [0.15, 0.2) is 0 Å². The predicted octanol–water partition coefficient (Wildman–Crippen LogP) is 4.13. The monoisotopic (exact) mass is 249 g/mol. The van der Waals surface area contributed by atoms with E-state index in [0.29, 0.717) is 11.8 Å². The number of nitrogens with two attached hydrogens (primary N) is 1. The van der Waals surface area contributed by atoms with E-state index in [1.807, 2.05) is 13.0 Å². The number of hydrogen-bond donors (Lipinski definition) is 1. The van der Waals surface area contributed by atoms with Crippen LogP contribution in [0.2, 0.25) is 0 Å². The maximum Gasteiger partial charge on any atom is 0.123 e. The quantitative estimate of drug-likeness (QED) is 0.837. The summed E-state index contributed by atoms with van der Waals surface area (Å²) >= 11 is 0. The van der Waals surface area contributed by atoms with Gasteiger partial charge in [0.2, 0.25) is 0 Å². The van der Waals surface area contributed by atoms with Gasteiger partial charge in [-0.1, -0.05) is 32.8 Å². The molecule has 1 nitrogen and oxygen atoms in total. The summed E-state index contributed by atoms with van der Waals surface area (Å²) < 4.78 is 13.6. The molecule has 1 fully saturated rings. The highest BCUT2D eigenvalue weighted by Gasteiger charge is 2.35. The predicted molar refractivity (Wildman–Crippen MR) is 73.8 cm³/mol. The number of aryl methyl sites for hydroxylation is 1. The van der Waals surface area contributed by atoms with E-state index < -0.39 is 0 Å². The van der Waals surface area contributed by atoms with Crippen LogP contribution in [-0.2, 0) is 5.54 Å². The molecule has 2 atom stereocenters. The minimum atomic E-state index is -0.333. The average molecular weight is 249 g/mol. The van der Waals surface area contributed by atoms with Crippen molar-refractivity contribution in [1.29, 1.82) is 0 Å². The van der Waals surface area contributed by atoms with Gasteiger partial charge < -0.3 is 5.73 Å². The molecule has 0 heterocycles. The summed E-state index contributed by atoms with van der Waals surface area (Å²) in [6.07, 6.45) is 4.35. The van der Waals surface area contributed by atoms with Crippen molar-refractivity contribution in [3.8, 4) is 0 Å². The van der Waals surface area contributed by atoms with Gasteiger partial charge in [-0.2, -0.15) is 0 Å². The summed E-state index contributed by atoms with van der Waals surface area (Å²) in [6.45, 7) is 6.44. The molecule has 2 heteroatoms. The molecule has 0 saturated heterocycles. The zero-order valence-electron chi connectivity index (χ0n) is 11.7. The molecule has 0 aliphatic heterocycles. The van der Waals surface area contributed by atoms with Gasteiger partial charge in [0.05, 0.1) is 0 Å². The van der Waals surface area contributed by atoms with Crippen molar-refractivity contribution in [3.63, 3.8) is 0 Å². The third-order valence-electron chi connectivity index (χ3n) is 4.38. The van der Waals surface area contributed by atoms with Crippen molar-refractivity contribution >= 4 is 0 Å². The highest BCUT2D eigenvalue weighted by molar-refractivity contribution is 5.30. The zero-order valence-corrected chi connectivity index (χ0v) is 11.7. The second-order valence-electron chi connectivity index (χ2n) is 6.27. The first kappa shape index (κ1) is 13.5. The van der Waals surface area contributed by atoms with Gasteiger partial charge in [-0.25, -0.2) is 4.39 Å². The normalized spacial score (nSPS) is 28.7. The molecule has 0 amide bonds. The Hall–Kier alpha value is -0.890. The molecule has 0 aromatic heterocycles. The lowest BCUT2D eigenvalue weighted by Crippen LogP contribution is -2.42. The summed E-state index contributed by atoms with van der Waals surface area (Å²) in [5, 5.41) is 0. The fraction of sp³-hybridized carbons (Fsp3) is 0.625. The number of benzene rings is 1. The second-order valence-corrected chi connectivity index (χ2v) is 6.27. The van der Waals surface area contributed by atoms with Crippen LogP contribution in [0.4, 0.5) is 4.39 Å². The van der Waals surface area contributed by atoms with Crippen molar-refractivity contribution in [2.24, 2.45) is 17.6 Å². The molecule has 0 spiro atoms. The van der Waals surface area contributed by atoms with Crippen molar-refractivity contribution in [1.82, 2.24) is 0 Å². The Bertz CT molecular complexity index is 407. The number of hydrogen-bond acceptors (Lipinski definition) is 1. The fourth-order valence-corrected chi connectivity index (χ4v) is 3.21. The molecule has 100 valence electrons. The standard InChI is InChI=1S/C16H24FN/c1-11(2)13-5-4-6-16(18,10-13)14-7-12(3)8-15(17)9-14/h7-9,11,13H,4-6,10,18H2,1-3H3. The summed E-state index contributed by atoms with van der Waals surface area (Å²) in [6, 6.07) is 5.23. The molecule has 2 unspecified atom stereocenters. The van der Waals surface area contributed by atoms with Crippen LogP contribution in [0.5, 0.6) is 0 Å². The molecular formula is C16H24FN. The summed E-state index contributed by atoms with van der Waals surface area (Å²) in [5.41, 5.74) is 8.18. The van der Waals surface area contributed by atoms with E-state index in [1.165, 1.54) is 6.42 Å². The lowest BCUT2D eigenvalue weighted by molar-refractivity contribution is 0.183. The van der Waals surface area contributed by atoms with E-state index in [4.69, 9.17) is 5.73 Å². The molecule has 1 aliphatic carbocycles. The Morgan fingerprint density at radius 2 is 2.06 bits per heavy atom. The highest BCUT2D eigenvalue weighted by atomic mass is 19.1.